The Hall–Kier alpha value is 0.960. The second kappa shape index (κ2) is 2.31. The first kappa shape index (κ1) is 6.96. The van der Waals surface area contributed by atoms with E-state index in [1.807, 2.05) is 29.0 Å². The summed E-state index contributed by atoms with van der Waals surface area (Å²) in [5.74, 6) is 0. The summed E-state index contributed by atoms with van der Waals surface area (Å²) in [6.07, 6.45) is 0.813. The van der Waals surface area contributed by atoms with Crippen LogP contribution in [0.25, 0.3) is 0 Å². The number of rotatable bonds is 1. The summed E-state index contributed by atoms with van der Waals surface area (Å²) in [6, 6.07) is 0. The zero-order valence-corrected chi connectivity index (χ0v) is 6.99. The third-order valence-electron chi connectivity index (χ3n) is 0.565. The van der Waals surface area contributed by atoms with Crippen molar-refractivity contribution in [2.75, 3.05) is 12.8 Å². The Morgan fingerprint density at radius 3 is 2.00 bits per heavy atom. The molecule has 0 aromatic carbocycles. The summed E-state index contributed by atoms with van der Waals surface area (Å²) >= 11 is 2.00. The van der Waals surface area contributed by atoms with Crippen LogP contribution in [0.3, 0.4) is 0 Å². The minimum atomic E-state index is -1.68. The van der Waals surface area contributed by atoms with Crippen LogP contribution in [0.5, 0.6) is 0 Å². The molecule has 0 aromatic rings. The van der Waals surface area contributed by atoms with E-state index >= 15 is 0 Å². The first-order valence-electron chi connectivity index (χ1n) is 1.82. The Bertz CT molecular complexity index is 74.9. The van der Waals surface area contributed by atoms with Gasteiger partial charge in [0.15, 0.2) is 0 Å². The molecule has 0 spiro atoms. The number of halogens is 1. The molecule has 1 atom stereocenters. The van der Waals surface area contributed by atoms with Gasteiger partial charge in [-0.2, -0.15) is 0 Å². The summed E-state index contributed by atoms with van der Waals surface area (Å²) in [5.41, 5.74) is 0. The van der Waals surface area contributed by atoms with Crippen molar-refractivity contribution in [3.05, 3.63) is 0 Å². The fraction of sp³-hybridized carbons (Fsp3) is 1.00. The molecule has 0 aromatic heterocycles. The van der Waals surface area contributed by atoms with Gasteiger partial charge >= 0.3 is 0 Å². The topological polar surface area (TPSA) is 17.1 Å². The van der Waals surface area contributed by atoms with Gasteiger partial charge in [0, 0.05) is 6.16 Å². The molecular formula is C3H8IOP. The molecule has 0 aliphatic rings. The highest BCUT2D eigenvalue weighted by Crippen LogP contribution is 2.49. The standard InChI is InChI=1S/C3H8IOP/c1-3-6(2,4)5/h3H2,1-2H3. The molecule has 6 heavy (non-hydrogen) atoms. The molecule has 38 valence electrons. The lowest BCUT2D eigenvalue weighted by Gasteiger charge is -1.93. The largest absolute Gasteiger partial charge is 0.313 e. The second-order valence-electron chi connectivity index (χ2n) is 1.30. The van der Waals surface area contributed by atoms with Gasteiger partial charge in [-0.3, -0.25) is 0 Å². The van der Waals surface area contributed by atoms with Crippen molar-refractivity contribution in [1.82, 2.24) is 0 Å². The monoisotopic (exact) mass is 218 g/mol. The molecule has 0 rings (SSSR count). The smallest absolute Gasteiger partial charge is 0.140 e. The van der Waals surface area contributed by atoms with Gasteiger partial charge in [-0.15, -0.1) is 0 Å². The van der Waals surface area contributed by atoms with Gasteiger partial charge in [-0.05, 0) is 28.7 Å². The van der Waals surface area contributed by atoms with Crippen molar-refractivity contribution in [3.8, 4) is 0 Å². The molecule has 0 N–H and O–H groups in total. The molecule has 0 bridgehead atoms. The summed E-state index contributed by atoms with van der Waals surface area (Å²) in [4.78, 5) is -1.68. The van der Waals surface area contributed by atoms with Gasteiger partial charge in [0.25, 0.3) is 0 Å². The van der Waals surface area contributed by atoms with Gasteiger partial charge in [0.2, 0.25) is 0 Å². The summed E-state index contributed by atoms with van der Waals surface area (Å²) < 4.78 is 10.6. The number of hydrogen-bond acceptors (Lipinski definition) is 1. The summed E-state index contributed by atoms with van der Waals surface area (Å²) in [6.45, 7) is 3.72. The van der Waals surface area contributed by atoms with Crippen LogP contribution in [-0.2, 0) is 4.57 Å². The Morgan fingerprint density at radius 1 is 1.83 bits per heavy atom. The van der Waals surface area contributed by atoms with E-state index < -0.39 is 4.78 Å². The van der Waals surface area contributed by atoms with Gasteiger partial charge in [0.1, 0.15) is 4.78 Å². The molecule has 0 amide bonds. The van der Waals surface area contributed by atoms with Crippen LogP contribution in [0.2, 0.25) is 0 Å². The van der Waals surface area contributed by atoms with E-state index in [2.05, 4.69) is 0 Å². The van der Waals surface area contributed by atoms with E-state index in [1.165, 1.54) is 0 Å². The predicted molar refractivity (Wildman–Crippen MR) is 38.1 cm³/mol. The average Bonchev–Trinajstić information content (AvgIpc) is 1.35. The minimum Gasteiger partial charge on any atom is -0.313 e. The lowest BCUT2D eigenvalue weighted by atomic mass is 11.0. The van der Waals surface area contributed by atoms with E-state index in [4.69, 9.17) is 0 Å². The zero-order chi connectivity index (χ0) is 5.21. The quantitative estimate of drug-likeness (QED) is 0.487. The molecule has 0 fully saturated rings. The van der Waals surface area contributed by atoms with Gasteiger partial charge in [-0.25, -0.2) is 0 Å². The van der Waals surface area contributed by atoms with Crippen molar-refractivity contribution in [2.24, 2.45) is 0 Å². The second-order valence-corrected chi connectivity index (χ2v) is 10.0. The summed E-state index contributed by atoms with van der Waals surface area (Å²) in [5, 5.41) is 0. The highest BCUT2D eigenvalue weighted by atomic mass is 127. The first-order valence-corrected chi connectivity index (χ1v) is 6.95. The first-order chi connectivity index (χ1) is 2.56. The normalized spacial score (nSPS) is 19.8. The Labute approximate surface area is 51.4 Å². The van der Waals surface area contributed by atoms with Crippen LogP contribution in [0.15, 0.2) is 0 Å². The van der Waals surface area contributed by atoms with E-state index in [9.17, 15) is 4.57 Å². The molecule has 0 saturated carbocycles. The molecule has 0 saturated heterocycles. The molecule has 3 heteroatoms. The summed E-state index contributed by atoms with van der Waals surface area (Å²) in [7, 11) is 0. The van der Waals surface area contributed by atoms with E-state index in [0.717, 1.165) is 6.16 Å². The maximum Gasteiger partial charge on any atom is 0.140 e. The maximum absolute atomic E-state index is 10.6. The lowest BCUT2D eigenvalue weighted by Crippen LogP contribution is -1.66. The van der Waals surface area contributed by atoms with Crippen LogP contribution in [0, 0.1) is 0 Å². The molecule has 0 heterocycles. The van der Waals surface area contributed by atoms with E-state index in [-0.39, 0.29) is 0 Å². The molecule has 0 radical (unpaired) electrons. The fourth-order valence-electron chi connectivity index (χ4n) is 0. The van der Waals surface area contributed by atoms with Crippen LogP contribution in [-0.4, -0.2) is 12.8 Å². The van der Waals surface area contributed by atoms with Gasteiger partial charge < -0.3 is 4.57 Å². The Balaban J connectivity index is 3.48. The van der Waals surface area contributed by atoms with Crippen LogP contribution < -0.4 is 0 Å². The van der Waals surface area contributed by atoms with Crippen LogP contribution >= 0.6 is 26.8 Å². The van der Waals surface area contributed by atoms with Gasteiger partial charge in [-0.1, -0.05) is 6.92 Å². The lowest BCUT2D eigenvalue weighted by molar-refractivity contribution is 0.590. The molecule has 1 unspecified atom stereocenters. The van der Waals surface area contributed by atoms with Crippen molar-refractivity contribution in [2.45, 2.75) is 6.92 Å². The zero-order valence-electron chi connectivity index (χ0n) is 3.94. The average molecular weight is 218 g/mol. The Kier molecular flexibility index (Phi) is 2.68. The van der Waals surface area contributed by atoms with Crippen LogP contribution in [0.4, 0.5) is 0 Å². The number of hydrogen-bond donors (Lipinski definition) is 0. The molecular weight excluding hydrogens is 210 g/mol. The van der Waals surface area contributed by atoms with Gasteiger partial charge in [0.05, 0.1) is 0 Å². The third-order valence-corrected chi connectivity index (χ3v) is 3.74. The minimum absolute atomic E-state index is 0.813. The fourth-order valence-corrected chi connectivity index (χ4v) is 0. The van der Waals surface area contributed by atoms with Crippen molar-refractivity contribution >= 4 is 26.8 Å². The maximum atomic E-state index is 10.6. The predicted octanol–water partition coefficient (Wildman–Crippen LogP) is 2.35. The molecule has 1 nitrogen and oxygen atoms in total. The highest BCUT2D eigenvalue weighted by Gasteiger charge is 2.01. The SMILES string of the molecule is CCP(C)(=O)I. The Morgan fingerprint density at radius 2 is 2.00 bits per heavy atom. The molecule has 0 aliphatic heterocycles. The van der Waals surface area contributed by atoms with Crippen LogP contribution in [0.1, 0.15) is 6.92 Å². The van der Waals surface area contributed by atoms with E-state index in [1.54, 1.807) is 6.66 Å². The third kappa shape index (κ3) is 4.96. The molecule has 0 aliphatic carbocycles. The highest BCUT2D eigenvalue weighted by molar-refractivity contribution is 14.2. The van der Waals surface area contributed by atoms with Crippen molar-refractivity contribution in [1.29, 1.82) is 0 Å². The van der Waals surface area contributed by atoms with E-state index in [0.29, 0.717) is 0 Å². The van der Waals surface area contributed by atoms with Crippen molar-refractivity contribution < 1.29 is 4.57 Å². The van der Waals surface area contributed by atoms with Crippen molar-refractivity contribution in [3.63, 3.8) is 0 Å².